The molecule has 2 rings (SSSR count). The Kier molecular flexibility index (Phi) is 4.40. The molecule has 0 atom stereocenters. The normalized spacial score (nSPS) is 17.2. The van der Waals surface area contributed by atoms with Gasteiger partial charge in [-0.05, 0) is 18.9 Å². The number of carbonyl (C=O) groups excluding carboxylic acids is 1. The highest BCUT2D eigenvalue weighted by Gasteiger charge is 2.36. The maximum Gasteiger partial charge on any atom is 0.305 e. The van der Waals surface area contributed by atoms with Crippen LogP contribution in [0.25, 0.3) is 0 Å². The molecule has 0 aliphatic heterocycles. The SMILES string of the molecule is Cn1nc(C(=O)NC2(CC(=O)O)CCCCC2)ccc1=O. The van der Waals surface area contributed by atoms with E-state index < -0.39 is 17.4 Å². The number of carboxylic acid groups (broad SMARTS) is 1. The number of amides is 1. The molecule has 7 nitrogen and oxygen atoms in total. The second-order valence-corrected chi connectivity index (χ2v) is 5.55. The summed E-state index contributed by atoms with van der Waals surface area (Å²) in [5, 5.41) is 15.8. The molecule has 0 unspecified atom stereocenters. The van der Waals surface area contributed by atoms with E-state index in [1.54, 1.807) is 0 Å². The molecular weight excluding hydrogens is 274 g/mol. The Hall–Kier alpha value is -2.18. The fourth-order valence-corrected chi connectivity index (χ4v) is 2.79. The van der Waals surface area contributed by atoms with Crippen molar-refractivity contribution in [1.82, 2.24) is 15.1 Å². The number of aryl methyl sites for hydroxylation is 1. The average molecular weight is 293 g/mol. The number of aliphatic carboxylic acids is 1. The van der Waals surface area contributed by atoms with Crippen LogP contribution in [0.1, 0.15) is 49.0 Å². The summed E-state index contributed by atoms with van der Waals surface area (Å²) >= 11 is 0. The first-order chi connectivity index (χ1) is 9.92. The van der Waals surface area contributed by atoms with Crippen molar-refractivity contribution in [2.24, 2.45) is 7.05 Å². The van der Waals surface area contributed by atoms with Crippen LogP contribution < -0.4 is 10.9 Å². The summed E-state index contributed by atoms with van der Waals surface area (Å²) < 4.78 is 1.08. The first-order valence-electron chi connectivity index (χ1n) is 7.01. The maximum absolute atomic E-state index is 12.3. The van der Waals surface area contributed by atoms with Crippen LogP contribution in [-0.2, 0) is 11.8 Å². The monoisotopic (exact) mass is 293 g/mol. The van der Waals surface area contributed by atoms with Gasteiger partial charge in [0, 0.05) is 13.1 Å². The molecule has 114 valence electrons. The molecular formula is C14H19N3O4. The van der Waals surface area contributed by atoms with E-state index in [0.29, 0.717) is 12.8 Å². The molecule has 1 fully saturated rings. The van der Waals surface area contributed by atoms with Gasteiger partial charge in [0.15, 0.2) is 0 Å². The highest BCUT2D eigenvalue weighted by atomic mass is 16.4. The van der Waals surface area contributed by atoms with Crippen molar-refractivity contribution in [1.29, 1.82) is 0 Å². The van der Waals surface area contributed by atoms with Crippen LogP contribution in [0.3, 0.4) is 0 Å². The number of rotatable bonds is 4. The first kappa shape index (κ1) is 15.2. The summed E-state index contributed by atoms with van der Waals surface area (Å²) in [5.41, 5.74) is -0.894. The average Bonchev–Trinajstić information content (AvgIpc) is 2.41. The van der Waals surface area contributed by atoms with E-state index in [4.69, 9.17) is 5.11 Å². The number of carbonyl (C=O) groups is 2. The van der Waals surface area contributed by atoms with E-state index >= 15 is 0 Å². The van der Waals surface area contributed by atoms with Crippen LogP contribution in [0.2, 0.25) is 0 Å². The van der Waals surface area contributed by atoms with Gasteiger partial charge in [-0.15, -0.1) is 0 Å². The Morgan fingerprint density at radius 2 is 2.00 bits per heavy atom. The molecule has 0 bridgehead atoms. The third-order valence-electron chi connectivity index (χ3n) is 3.87. The predicted octanol–water partition coefficient (Wildman–Crippen LogP) is 0.688. The minimum atomic E-state index is -0.925. The van der Waals surface area contributed by atoms with Crippen molar-refractivity contribution in [3.8, 4) is 0 Å². The highest BCUT2D eigenvalue weighted by molar-refractivity contribution is 5.93. The van der Waals surface area contributed by atoms with Gasteiger partial charge in [0.05, 0.1) is 12.0 Å². The lowest BCUT2D eigenvalue weighted by molar-refractivity contribution is -0.139. The molecule has 21 heavy (non-hydrogen) atoms. The Morgan fingerprint density at radius 1 is 1.33 bits per heavy atom. The van der Waals surface area contributed by atoms with Gasteiger partial charge in [0.25, 0.3) is 11.5 Å². The van der Waals surface area contributed by atoms with Gasteiger partial charge in [-0.2, -0.15) is 5.10 Å². The van der Waals surface area contributed by atoms with Crippen LogP contribution in [0.15, 0.2) is 16.9 Å². The van der Waals surface area contributed by atoms with Gasteiger partial charge in [0.2, 0.25) is 0 Å². The minimum absolute atomic E-state index is 0.0928. The van der Waals surface area contributed by atoms with E-state index in [-0.39, 0.29) is 17.7 Å². The Balaban J connectivity index is 2.19. The Labute approximate surface area is 122 Å². The third-order valence-corrected chi connectivity index (χ3v) is 3.87. The zero-order valence-corrected chi connectivity index (χ0v) is 12.0. The molecule has 7 heteroatoms. The Morgan fingerprint density at radius 3 is 2.57 bits per heavy atom. The topological polar surface area (TPSA) is 101 Å². The van der Waals surface area contributed by atoms with Gasteiger partial charge in [-0.25, -0.2) is 4.68 Å². The fraction of sp³-hybridized carbons (Fsp3) is 0.571. The van der Waals surface area contributed by atoms with Crippen molar-refractivity contribution in [2.75, 3.05) is 0 Å². The van der Waals surface area contributed by atoms with Crippen LogP contribution in [0, 0.1) is 0 Å². The second-order valence-electron chi connectivity index (χ2n) is 5.55. The maximum atomic E-state index is 12.3. The van der Waals surface area contributed by atoms with Crippen LogP contribution in [0.5, 0.6) is 0 Å². The number of nitrogens with zero attached hydrogens (tertiary/aromatic N) is 2. The zero-order valence-electron chi connectivity index (χ0n) is 12.0. The molecule has 0 saturated heterocycles. The van der Waals surface area contributed by atoms with Gasteiger partial charge in [-0.1, -0.05) is 19.3 Å². The summed E-state index contributed by atoms with van der Waals surface area (Å²) in [5.74, 6) is -1.36. The molecule has 0 radical (unpaired) electrons. The van der Waals surface area contributed by atoms with Crippen molar-refractivity contribution >= 4 is 11.9 Å². The summed E-state index contributed by atoms with van der Waals surface area (Å²) in [6.45, 7) is 0. The van der Waals surface area contributed by atoms with Crippen LogP contribution in [-0.4, -0.2) is 32.3 Å². The van der Waals surface area contributed by atoms with E-state index in [0.717, 1.165) is 23.9 Å². The van der Waals surface area contributed by atoms with Crippen LogP contribution >= 0.6 is 0 Å². The van der Waals surface area contributed by atoms with E-state index in [2.05, 4.69) is 10.4 Å². The van der Waals surface area contributed by atoms with Gasteiger partial charge in [0.1, 0.15) is 5.69 Å². The van der Waals surface area contributed by atoms with Crippen molar-refractivity contribution in [3.05, 3.63) is 28.2 Å². The Bertz CT molecular complexity index is 602. The molecule has 1 saturated carbocycles. The number of hydrogen-bond acceptors (Lipinski definition) is 4. The summed E-state index contributed by atoms with van der Waals surface area (Å²) in [7, 11) is 1.47. The molecule has 1 amide bonds. The van der Waals surface area contributed by atoms with Crippen molar-refractivity contribution < 1.29 is 14.7 Å². The van der Waals surface area contributed by atoms with Crippen LogP contribution in [0.4, 0.5) is 0 Å². The number of nitrogens with one attached hydrogen (secondary N) is 1. The lowest BCUT2D eigenvalue weighted by Gasteiger charge is -2.36. The number of hydrogen-bond donors (Lipinski definition) is 2. The van der Waals surface area contributed by atoms with Crippen molar-refractivity contribution in [2.45, 2.75) is 44.1 Å². The zero-order chi connectivity index (χ0) is 15.5. The number of aromatic nitrogens is 2. The molecule has 1 aromatic heterocycles. The molecule has 2 N–H and O–H groups in total. The van der Waals surface area contributed by atoms with Gasteiger partial charge >= 0.3 is 5.97 Å². The first-order valence-corrected chi connectivity index (χ1v) is 7.01. The standard InChI is InChI=1S/C14H19N3O4/c1-17-11(18)6-5-10(16-17)13(21)15-14(9-12(19)20)7-3-2-4-8-14/h5-6H,2-4,7-9H2,1H3,(H,15,21)(H,19,20). The molecule has 1 aliphatic carbocycles. The predicted molar refractivity (Wildman–Crippen MR) is 75.0 cm³/mol. The lowest BCUT2D eigenvalue weighted by Crippen LogP contribution is -2.51. The largest absolute Gasteiger partial charge is 0.481 e. The molecule has 0 spiro atoms. The summed E-state index contributed by atoms with van der Waals surface area (Å²) in [6, 6.07) is 2.63. The lowest BCUT2D eigenvalue weighted by atomic mass is 9.79. The number of carboxylic acids is 1. The summed E-state index contributed by atoms with van der Waals surface area (Å²) in [4.78, 5) is 34.6. The van der Waals surface area contributed by atoms with E-state index in [9.17, 15) is 14.4 Å². The van der Waals surface area contributed by atoms with E-state index in [1.165, 1.54) is 19.2 Å². The smallest absolute Gasteiger partial charge is 0.305 e. The van der Waals surface area contributed by atoms with Gasteiger partial charge < -0.3 is 10.4 Å². The molecule has 1 aromatic rings. The van der Waals surface area contributed by atoms with E-state index in [1.807, 2.05) is 0 Å². The van der Waals surface area contributed by atoms with Gasteiger partial charge in [-0.3, -0.25) is 14.4 Å². The summed E-state index contributed by atoms with van der Waals surface area (Å²) in [6.07, 6.45) is 4.05. The highest BCUT2D eigenvalue weighted by Crippen LogP contribution is 2.31. The second kappa shape index (κ2) is 6.07. The van der Waals surface area contributed by atoms with Crippen molar-refractivity contribution in [3.63, 3.8) is 0 Å². The molecule has 1 heterocycles. The minimum Gasteiger partial charge on any atom is -0.481 e. The third kappa shape index (κ3) is 3.68. The molecule has 0 aromatic carbocycles. The fourth-order valence-electron chi connectivity index (χ4n) is 2.79. The molecule has 1 aliphatic rings. The quantitative estimate of drug-likeness (QED) is 0.850.